The largest absolute Gasteiger partial charge is 0.404 e. The van der Waals surface area contributed by atoms with Gasteiger partial charge in [0.05, 0.1) is 33.0 Å². The summed E-state index contributed by atoms with van der Waals surface area (Å²) in [5.41, 5.74) is -3.32. The van der Waals surface area contributed by atoms with Crippen molar-refractivity contribution in [3.8, 4) is 0 Å². The van der Waals surface area contributed by atoms with Crippen LogP contribution >= 0.6 is 0 Å². The number of carbonyl (C=O) groups excluding carboxylic acids is 2. The molecule has 10 rings (SSSR count). The summed E-state index contributed by atoms with van der Waals surface area (Å²) in [5, 5.41) is 40.8. The van der Waals surface area contributed by atoms with E-state index in [1.165, 1.54) is 21.3 Å². The van der Waals surface area contributed by atoms with Crippen molar-refractivity contribution in [3.63, 3.8) is 0 Å². The Kier molecular flexibility index (Phi) is 20.2. The summed E-state index contributed by atoms with van der Waals surface area (Å²) >= 11 is 0. The molecule has 452 valence electrons. The molecule has 24 heteroatoms. The third kappa shape index (κ3) is 12.7. The van der Waals surface area contributed by atoms with Gasteiger partial charge in [-0.1, -0.05) is 81.4 Å². The van der Waals surface area contributed by atoms with Crippen molar-refractivity contribution in [2.24, 2.45) is 0 Å². The highest BCUT2D eigenvalue weighted by Crippen LogP contribution is 2.48. The van der Waals surface area contributed by atoms with E-state index in [-0.39, 0.29) is 56.7 Å². The van der Waals surface area contributed by atoms with Crippen molar-refractivity contribution >= 4 is 31.3 Å². The number of hydrogen-bond donors (Lipinski definition) is 4. The zero-order valence-electron chi connectivity index (χ0n) is 48.7. The molecule has 80 heavy (non-hydrogen) atoms. The summed E-state index contributed by atoms with van der Waals surface area (Å²) in [7, 11) is 3.32. The fraction of sp³-hybridized carbons (Fsp3) is 0.750. The number of fused-ring (bicyclic) bond motifs is 4. The Hall–Kier alpha value is -2.84. The molecule has 0 amide bonds. The van der Waals surface area contributed by atoms with Crippen LogP contribution in [0.3, 0.4) is 0 Å². The number of aliphatic hydroxyl groups is 4. The number of benzene rings is 2. The fourth-order valence-electron chi connectivity index (χ4n) is 12.0. The second-order valence-corrected chi connectivity index (χ2v) is 28.1. The minimum atomic E-state index is -2.82. The number of methoxy groups -OCH3 is 4. The van der Waals surface area contributed by atoms with Gasteiger partial charge in [0.15, 0.2) is 54.6 Å². The van der Waals surface area contributed by atoms with Gasteiger partial charge in [-0.25, -0.2) is 0 Å². The van der Waals surface area contributed by atoms with Gasteiger partial charge in [-0.15, -0.1) is 0 Å². The summed E-state index contributed by atoms with van der Waals surface area (Å²) in [6.07, 6.45) is -5.07. The lowest BCUT2D eigenvalue weighted by Gasteiger charge is -2.45. The van der Waals surface area contributed by atoms with Gasteiger partial charge < -0.3 is 110 Å². The van der Waals surface area contributed by atoms with Crippen LogP contribution in [-0.2, 0) is 89.8 Å². The molecule has 0 spiro atoms. The Bertz CT molecular complexity index is 2280. The topological polar surface area (TPSA) is 272 Å². The SMILES string of the molecule is CO[C@@H]1C(C=O)O[C@@H]2OC(C)(C)O[C@@H]21.CO[C@H]1[C@H]2OC(C)(C)O[C@H]2OC1(CO)CO.CO[C@H]1[C@H]2OC(C)(C)O[C@H]2O[C@@]1(CO)CO[Si](c1ccccc1)(c1ccccc1)C(C)(C)C.CO[C@H]1[C@H]2OC(C)(C)O[C@H]2O[C@]1(CO)CC=O. The van der Waals surface area contributed by atoms with Gasteiger partial charge in [0, 0.05) is 34.9 Å². The first-order valence-corrected chi connectivity index (χ1v) is 28.8. The summed E-state index contributed by atoms with van der Waals surface area (Å²) < 4.78 is 96.9. The van der Waals surface area contributed by atoms with Crippen LogP contribution in [0.25, 0.3) is 0 Å². The molecule has 8 saturated heterocycles. The first kappa shape index (κ1) is 64.7. The molecule has 0 aromatic heterocycles. The molecule has 0 saturated carbocycles. The van der Waals surface area contributed by atoms with E-state index in [0.29, 0.717) is 12.6 Å². The zero-order chi connectivity index (χ0) is 58.9. The molecular weight excluding hydrogens is 1070 g/mol. The Balaban J connectivity index is 0.000000166. The van der Waals surface area contributed by atoms with Gasteiger partial charge in [-0.3, -0.25) is 0 Å². The Morgan fingerprint density at radius 1 is 0.487 bits per heavy atom. The standard InChI is InChI=1S/C26H36O6Si.C11H18O6.C10H18O6.C9H14O5/c1-24(2,3)33(19-13-9-7-10-14-19,20-15-11-8-12-16-20)29-18-26(17-27)22(28-6)21-23(32-26)31-25(4,5)30-21;1-10(2)15-7-8(14-3)11(6-13,4-5-12)17-9(7)16-10;1-9(2)14-6-7(13-3)10(4-11,5-12)16-8(6)15-9;1-9(2)13-7-6(11-3)5(4-10)12-8(7)14-9/h7-16,21-23,27H,17-18H2,1-6H3;5,7-9,13H,4,6H2,1-3H3;6-8,11-12H,4-5H2,1-3H3;4-8H,1-3H3/t21-,22+,23+,26+;7-,8+,9+,11+;6-,7+,8+;5?,6-,7-,8-/m1111/s1. The molecule has 0 radical (unpaired) electrons. The van der Waals surface area contributed by atoms with E-state index >= 15 is 0 Å². The average Bonchev–Trinajstić information content (AvgIpc) is 4.41. The Morgan fingerprint density at radius 3 is 1.21 bits per heavy atom. The summed E-state index contributed by atoms with van der Waals surface area (Å²) in [6.45, 7) is 19.9. The molecular formula is C56H86O23Si. The smallest absolute Gasteiger partial charge is 0.261 e. The van der Waals surface area contributed by atoms with Crippen molar-refractivity contribution in [1.82, 2.24) is 0 Å². The minimum absolute atomic E-state index is 0.0438. The second kappa shape index (κ2) is 25.0. The van der Waals surface area contributed by atoms with Gasteiger partial charge in [-0.2, -0.15) is 0 Å². The number of ether oxygens (including phenoxy) is 16. The third-order valence-corrected chi connectivity index (χ3v) is 20.4. The predicted molar refractivity (Wildman–Crippen MR) is 283 cm³/mol. The minimum Gasteiger partial charge on any atom is -0.404 e. The van der Waals surface area contributed by atoms with Crippen molar-refractivity contribution in [1.29, 1.82) is 0 Å². The van der Waals surface area contributed by atoms with E-state index < -0.39 is 116 Å². The number of aldehydes is 2. The Labute approximate surface area is 469 Å². The van der Waals surface area contributed by atoms with Gasteiger partial charge in [0.25, 0.3) is 8.32 Å². The normalized spacial score (nSPS) is 37.2. The second-order valence-electron chi connectivity index (χ2n) is 23.8. The van der Waals surface area contributed by atoms with Crippen LogP contribution in [0.4, 0.5) is 0 Å². The van der Waals surface area contributed by atoms with Gasteiger partial charge in [-0.05, 0) is 70.8 Å². The molecule has 0 bridgehead atoms. The molecule has 8 heterocycles. The first-order valence-electron chi connectivity index (χ1n) is 26.9. The number of carbonyl (C=O) groups is 2. The summed E-state index contributed by atoms with van der Waals surface area (Å²) in [4.78, 5) is 21.4. The number of hydrogen-bond acceptors (Lipinski definition) is 23. The third-order valence-electron chi connectivity index (χ3n) is 15.4. The van der Waals surface area contributed by atoms with E-state index in [0.717, 1.165) is 10.4 Å². The maximum absolute atomic E-state index is 10.7. The predicted octanol–water partition coefficient (Wildman–Crippen LogP) is 1.96. The van der Waals surface area contributed by atoms with Crippen LogP contribution in [-0.4, -0.2) is 223 Å². The summed E-state index contributed by atoms with van der Waals surface area (Å²) in [5.74, 6) is -2.91. The van der Waals surface area contributed by atoms with Crippen molar-refractivity contribution in [3.05, 3.63) is 60.7 Å². The molecule has 15 atom stereocenters. The molecule has 8 aliphatic heterocycles. The Morgan fingerprint density at radius 2 is 0.850 bits per heavy atom. The molecule has 8 fully saturated rings. The monoisotopic (exact) mass is 1150 g/mol. The highest BCUT2D eigenvalue weighted by atomic mass is 28.4. The highest BCUT2D eigenvalue weighted by Gasteiger charge is 2.66. The quantitative estimate of drug-likeness (QED) is 0.138. The highest BCUT2D eigenvalue weighted by molar-refractivity contribution is 6.99. The van der Waals surface area contributed by atoms with Gasteiger partial charge >= 0.3 is 0 Å². The van der Waals surface area contributed by atoms with E-state index in [4.69, 9.17) is 80.2 Å². The maximum Gasteiger partial charge on any atom is 0.261 e. The van der Waals surface area contributed by atoms with Crippen LogP contribution in [0.2, 0.25) is 5.04 Å². The maximum atomic E-state index is 10.7. The van der Waals surface area contributed by atoms with Crippen molar-refractivity contribution in [2.75, 3.05) is 61.5 Å². The van der Waals surface area contributed by atoms with Crippen molar-refractivity contribution < 1.29 is 110 Å². The summed E-state index contributed by atoms with van der Waals surface area (Å²) in [6, 6.07) is 20.8. The first-order chi connectivity index (χ1) is 37.6. The average molecular weight is 1160 g/mol. The zero-order valence-corrected chi connectivity index (χ0v) is 49.7. The lowest BCUT2D eigenvalue weighted by atomic mass is 9.93. The van der Waals surface area contributed by atoms with Crippen LogP contribution in [0, 0.1) is 0 Å². The van der Waals surface area contributed by atoms with Crippen LogP contribution < -0.4 is 10.4 Å². The van der Waals surface area contributed by atoms with Crippen LogP contribution in [0.15, 0.2) is 60.7 Å². The van der Waals surface area contributed by atoms with Crippen LogP contribution in [0.5, 0.6) is 0 Å². The van der Waals surface area contributed by atoms with Gasteiger partial charge in [0.2, 0.25) is 0 Å². The molecule has 0 aliphatic carbocycles. The van der Waals surface area contributed by atoms with E-state index in [1.807, 2.05) is 26.0 Å². The van der Waals surface area contributed by atoms with Crippen molar-refractivity contribution in [2.45, 2.75) is 208 Å². The van der Waals surface area contributed by atoms with Crippen LogP contribution in [0.1, 0.15) is 82.6 Å². The van der Waals surface area contributed by atoms with E-state index in [1.54, 1.807) is 48.7 Å². The number of aliphatic hydroxyl groups excluding tert-OH is 4. The molecule has 2 aromatic rings. The van der Waals surface area contributed by atoms with Gasteiger partial charge in [0.1, 0.15) is 78.0 Å². The lowest BCUT2D eigenvalue weighted by molar-refractivity contribution is -0.255. The fourth-order valence-corrected chi connectivity index (χ4v) is 16.6. The van der Waals surface area contributed by atoms with E-state index in [9.17, 15) is 30.0 Å². The molecule has 1 unspecified atom stereocenters. The number of rotatable bonds is 16. The van der Waals surface area contributed by atoms with E-state index in [2.05, 4.69) is 69.3 Å². The molecule has 4 N–H and O–H groups in total. The lowest BCUT2D eigenvalue weighted by Crippen LogP contribution is -2.68. The molecule has 2 aromatic carbocycles. The molecule has 23 nitrogen and oxygen atoms in total. The molecule has 8 aliphatic rings.